The molecule has 0 saturated heterocycles. The first-order valence-electron chi connectivity index (χ1n) is 7.54. The molecular weight excluding hydrogens is 311 g/mol. The van der Waals surface area contributed by atoms with E-state index >= 15 is 0 Å². The van der Waals surface area contributed by atoms with Crippen LogP contribution < -0.4 is 15.5 Å². The number of pyridine rings is 1. The number of hydrogen-bond donors (Lipinski definition) is 3. The van der Waals surface area contributed by atoms with Gasteiger partial charge in [-0.25, -0.2) is 14.2 Å². The first-order chi connectivity index (χ1) is 11.5. The lowest BCUT2D eigenvalue weighted by molar-refractivity contribution is 0.173. The van der Waals surface area contributed by atoms with Gasteiger partial charge in [-0.1, -0.05) is 18.2 Å². The maximum Gasteiger partial charge on any atom is 0.315 e. The van der Waals surface area contributed by atoms with Crippen molar-refractivity contribution in [2.24, 2.45) is 0 Å². The van der Waals surface area contributed by atoms with E-state index in [1.165, 1.54) is 24.3 Å². The Morgan fingerprint density at radius 2 is 1.92 bits per heavy atom. The molecule has 0 aliphatic rings. The minimum Gasteiger partial charge on any atom is -0.387 e. The van der Waals surface area contributed by atoms with Crippen LogP contribution in [0.15, 0.2) is 42.5 Å². The molecule has 128 valence electrons. The highest BCUT2D eigenvalue weighted by molar-refractivity contribution is 5.73. The van der Waals surface area contributed by atoms with E-state index in [0.717, 1.165) is 11.5 Å². The summed E-state index contributed by atoms with van der Waals surface area (Å²) in [5.41, 5.74) is 1.27. The highest BCUT2D eigenvalue weighted by Crippen LogP contribution is 2.12. The van der Waals surface area contributed by atoms with Crippen molar-refractivity contribution in [3.05, 3.63) is 59.5 Å². The predicted octanol–water partition coefficient (Wildman–Crippen LogP) is 1.82. The second-order valence-electron chi connectivity index (χ2n) is 5.51. The summed E-state index contributed by atoms with van der Waals surface area (Å²) in [6.07, 6.45) is -0.897. The molecule has 0 saturated carbocycles. The quantitative estimate of drug-likeness (QED) is 0.754. The molecule has 2 rings (SSSR count). The maximum atomic E-state index is 12.8. The summed E-state index contributed by atoms with van der Waals surface area (Å²) in [6, 6.07) is 10.7. The van der Waals surface area contributed by atoms with Crippen LogP contribution in [0.25, 0.3) is 0 Å². The van der Waals surface area contributed by atoms with Gasteiger partial charge >= 0.3 is 6.03 Å². The normalized spacial score (nSPS) is 11.7. The molecule has 0 radical (unpaired) electrons. The van der Waals surface area contributed by atoms with Crippen LogP contribution in [0.1, 0.15) is 17.4 Å². The number of aliphatic hydroxyl groups is 1. The van der Waals surface area contributed by atoms with Gasteiger partial charge in [-0.15, -0.1) is 0 Å². The van der Waals surface area contributed by atoms with Gasteiger partial charge < -0.3 is 20.6 Å². The fourth-order valence-electron chi connectivity index (χ4n) is 2.04. The Labute approximate surface area is 140 Å². The molecule has 24 heavy (non-hydrogen) atoms. The molecule has 2 aromatic rings. The van der Waals surface area contributed by atoms with Gasteiger partial charge in [0.05, 0.1) is 18.3 Å². The number of urea groups is 1. The molecule has 1 atom stereocenters. The van der Waals surface area contributed by atoms with Crippen LogP contribution in [-0.4, -0.2) is 36.8 Å². The highest BCUT2D eigenvalue weighted by Gasteiger charge is 2.09. The van der Waals surface area contributed by atoms with Gasteiger partial charge in [0.15, 0.2) is 0 Å². The van der Waals surface area contributed by atoms with E-state index in [0.29, 0.717) is 5.56 Å². The topological polar surface area (TPSA) is 77.5 Å². The van der Waals surface area contributed by atoms with Crippen LogP contribution in [0.4, 0.5) is 15.0 Å². The van der Waals surface area contributed by atoms with E-state index in [1.54, 1.807) is 0 Å². The minimum atomic E-state index is -0.897. The molecule has 2 amide bonds. The van der Waals surface area contributed by atoms with Crippen LogP contribution >= 0.6 is 0 Å². The number of carbonyl (C=O) groups excluding carboxylic acids is 1. The maximum absolute atomic E-state index is 12.8. The van der Waals surface area contributed by atoms with E-state index in [1.807, 2.05) is 37.2 Å². The molecule has 0 bridgehead atoms. The summed E-state index contributed by atoms with van der Waals surface area (Å²) in [4.78, 5) is 18.1. The molecule has 1 heterocycles. The van der Waals surface area contributed by atoms with Crippen molar-refractivity contribution >= 4 is 11.8 Å². The molecule has 3 N–H and O–H groups in total. The van der Waals surface area contributed by atoms with Crippen LogP contribution in [-0.2, 0) is 6.54 Å². The number of benzene rings is 1. The zero-order valence-electron chi connectivity index (χ0n) is 13.7. The number of anilines is 1. The highest BCUT2D eigenvalue weighted by atomic mass is 19.1. The smallest absolute Gasteiger partial charge is 0.315 e. The zero-order valence-corrected chi connectivity index (χ0v) is 13.7. The van der Waals surface area contributed by atoms with Gasteiger partial charge in [0, 0.05) is 20.6 Å². The third-order valence-electron chi connectivity index (χ3n) is 3.39. The molecule has 1 unspecified atom stereocenters. The summed E-state index contributed by atoms with van der Waals surface area (Å²) < 4.78 is 12.8. The summed E-state index contributed by atoms with van der Waals surface area (Å²) in [5.74, 6) is 0.436. The molecule has 1 aromatic carbocycles. The number of aliphatic hydroxyl groups excluding tert-OH is 1. The van der Waals surface area contributed by atoms with Crippen LogP contribution in [0.2, 0.25) is 0 Å². The van der Waals surface area contributed by atoms with E-state index in [9.17, 15) is 14.3 Å². The lowest BCUT2D eigenvalue weighted by Gasteiger charge is -2.14. The Kier molecular flexibility index (Phi) is 6.08. The van der Waals surface area contributed by atoms with Gasteiger partial charge in [-0.2, -0.15) is 0 Å². The fourth-order valence-corrected chi connectivity index (χ4v) is 2.04. The molecule has 7 heteroatoms. The van der Waals surface area contributed by atoms with E-state index in [4.69, 9.17) is 0 Å². The standard InChI is InChI=1S/C17H21FN4O2/c1-22(2)16-5-3-4-14(21-16)10-19-17(24)20-11-15(23)12-6-8-13(18)9-7-12/h3-9,15,23H,10-11H2,1-2H3,(H2,19,20,24). The van der Waals surface area contributed by atoms with Crippen molar-refractivity contribution in [3.63, 3.8) is 0 Å². The van der Waals surface area contributed by atoms with Crippen LogP contribution in [0, 0.1) is 5.82 Å². The largest absolute Gasteiger partial charge is 0.387 e. The molecule has 0 aliphatic carbocycles. The number of nitrogens with one attached hydrogen (secondary N) is 2. The second-order valence-corrected chi connectivity index (χ2v) is 5.51. The van der Waals surface area contributed by atoms with Crippen LogP contribution in [0.3, 0.4) is 0 Å². The SMILES string of the molecule is CN(C)c1cccc(CNC(=O)NCC(O)c2ccc(F)cc2)n1. The monoisotopic (exact) mass is 332 g/mol. The number of rotatable bonds is 6. The number of nitrogens with zero attached hydrogens (tertiary/aromatic N) is 2. The average molecular weight is 332 g/mol. The van der Waals surface area contributed by atoms with Crippen molar-refractivity contribution < 1.29 is 14.3 Å². The van der Waals surface area contributed by atoms with E-state index in [2.05, 4.69) is 15.6 Å². The van der Waals surface area contributed by atoms with Gasteiger partial charge in [0.1, 0.15) is 11.6 Å². The van der Waals surface area contributed by atoms with Crippen molar-refractivity contribution in [2.45, 2.75) is 12.6 Å². The molecular formula is C17H21FN4O2. The molecule has 6 nitrogen and oxygen atoms in total. The number of carbonyl (C=O) groups is 1. The molecule has 0 fully saturated rings. The Morgan fingerprint density at radius 3 is 2.58 bits per heavy atom. The van der Waals surface area contributed by atoms with Gasteiger partial charge in [0.25, 0.3) is 0 Å². The van der Waals surface area contributed by atoms with Gasteiger partial charge in [-0.05, 0) is 29.8 Å². The van der Waals surface area contributed by atoms with Crippen molar-refractivity contribution in [2.75, 3.05) is 25.5 Å². The molecule has 0 aliphatic heterocycles. The van der Waals surface area contributed by atoms with E-state index in [-0.39, 0.29) is 18.9 Å². The number of aromatic nitrogens is 1. The first-order valence-corrected chi connectivity index (χ1v) is 7.54. The Bertz CT molecular complexity index is 677. The number of halogens is 1. The van der Waals surface area contributed by atoms with Crippen molar-refractivity contribution in [1.82, 2.24) is 15.6 Å². The summed E-state index contributed by atoms with van der Waals surface area (Å²) >= 11 is 0. The Balaban J connectivity index is 1.79. The van der Waals surface area contributed by atoms with Gasteiger partial charge in [0.2, 0.25) is 0 Å². The number of hydrogen-bond acceptors (Lipinski definition) is 4. The lowest BCUT2D eigenvalue weighted by atomic mass is 10.1. The molecule has 1 aromatic heterocycles. The number of amides is 2. The van der Waals surface area contributed by atoms with Crippen molar-refractivity contribution in [1.29, 1.82) is 0 Å². The first kappa shape index (κ1) is 17.7. The third-order valence-corrected chi connectivity index (χ3v) is 3.39. The van der Waals surface area contributed by atoms with Crippen LogP contribution in [0.5, 0.6) is 0 Å². The Hall–Kier alpha value is -2.67. The average Bonchev–Trinajstić information content (AvgIpc) is 2.58. The minimum absolute atomic E-state index is 0.0304. The Morgan fingerprint density at radius 1 is 1.21 bits per heavy atom. The van der Waals surface area contributed by atoms with Crippen molar-refractivity contribution in [3.8, 4) is 0 Å². The summed E-state index contributed by atoms with van der Waals surface area (Å²) in [5, 5.41) is 15.2. The lowest BCUT2D eigenvalue weighted by Crippen LogP contribution is -2.37. The zero-order chi connectivity index (χ0) is 17.5. The van der Waals surface area contributed by atoms with E-state index < -0.39 is 12.1 Å². The third kappa shape index (κ3) is 5.20. The summed E-state index contributed by atoms with van der Waals surface area (Å²) in [7, 11) is 3.78. The fraction of sp³-hybridized carbons (Fsp3) is 0.294. The summed E-state index contributed by atoms with van der Waals surface area (Å²) in [6.45, 7) is 0.308. The second kappa shape index (κ2) is 8.26. The molecule has 0 spiro atoms. The predicted molar refractivity (Wildman–Crippen MR) is 90.2 cm³/mol. The van der Waals surface area contributed by atoms with Gasteiger partial charge in [-0.3, -0.25) is 0 Å².